The zero-order valence-electron chi connectivity index (χ0n) is 18.8. The lowest BCUT2D eigenvalue weighted by Crippen LogP contribution is -2.50. The van der Waals surface area contributed by atoms with E-state index in [0.29, 0.717) is 6.10 Å². The van der Waals surface area contributed by atoms with E-state index in [1.807, 2.05) is 82.5 Å². The van der Waals surface area contributed by atoms with E-state index in [0.717, 1.165) is 68.3 Å². The predicted molar refractivity (Wildman–Crippen MR) is 130 cm³/mol. The molecule has 2 saturated heterocycles. The lowest BCUT2D eigenvalue weighted by Gasteiger charge is -2.35. The number of rotatable bonds is 6. The van der Waals surface area contributed by atoms with E-state index in [4.69, 9.17) is 9.84 Å². The zero-order valence-corrected chi connectivity index (χ0v) is 18.8. The normalized spacial score (nSPS) is 19.4. The van der Waals surface area contributed by atoms with Gasteiger partial charge in [0.2, 0.25) is 5.91 Å². The van der Waals surface area contributed by atoms with Gasteiger partial charge in [0.15, 0.2) is 0 Å². The van der Waals surface area contributed by atoms with E-state index in [2.05, 4.69) is 4.90 Å². The molecular weight excluding hydrogens is 412 g/mol. The van der Waals surface area contributed by atoms with Crippen LogP contribution in [-0.4, -0.2) is 70.9 Å². The smallest absolute Gasteiger partial charge is 0.246 e. The number of aromatic nitrogens is 2. The highest BCUT2D eigenvalue weighted by atomic mass is 16.5. The van der Waals surface area contributed by atoms with Crippen LogP contribution in [0.25, 0.3) is 23.0 Å². The minimum Gasteiger partial charge on any atom is -0.377 e. The van der Waals surface area contributed by atoms with Crippen molar-refractivity contribution >= 4 is 12.0 Å². The molecule has 1 amide bonds. The van der Waals surface area contributed by atoms with E-state index in [1.165, 1.54) is 6.42 Å². The number of carbonyl (C=O) groups is 1. The van der Waals surface area contributed by atoms with Gasteiger partial charge in [-0.05, 0) is 31.1 Å². The van der Waals surface area contributed by atoms with E-state index >= 15 is 0 Å². The lowest BCUT2D eigenvalue weighted by molar-refractivity contribution is -0.127. The van der Waals surface area contributed by atoms with Crippen LogP contribution < -0.4 is 0 Å². The summed E-state index contributed by atoms with van der Waals surface area (Å²) in [4.78, 5) is 17.3. The van der Waals surface area contributed by atoms with Gasteiger partial charge in [0.1, 0.15) is 0 Å². The first kappa shape index (κ1) is 21.6. The average Bonchev–Trinajstić information content (AvgIpc) is 3.54. The second kappa shape index (κ2) is 10.1. The number of amides is 1. The van der Waals surface area contributed by atoms with Crippen molar-refractivity contribution < 1.29 is 9.53 Å². The van der Waals surface area contributed by atoms with Gasteiger partial charge in [-0.15, -0.1) is 0 Å². The van der Waals surface area contributed by atoms with Crippen LogP contribution in [0.3, 0.4) is 0 Å². The number of nitrogens with zero attached hydrogens (tertiary/aromatic N) is 4. The number of carbonyl (C=O) groups excluding carboxylic acids is 1. The van der Waals surface area contributed by atoms with Crippen LogP contribution in [0.5, 0.6) is 0 Å². The minimum atomic E-state index is 0.0539. The second-order valence-electron chi connectivity index (χ2n) is 8.67. The largest absolute Gasteiger partial charge is 0.377 e. The van der Waals surface area contributed by atoms with E-state index in [-0.39, 0.29) is 5.91 Å². The first-order valence-electron chi connectivity index (χ1n) is 11.8. The molecule has 33 heavy (non-hydrogen) atoms. The molecule has 170 valence electrons. The molecule has 0 saturated carbocycles. The minimum absolute atomic E-state index is 0.0539. The SMILES string of the molecule is O=C(/C=C/c1cn(-c2ccccc2)nc1-c1ccccc1)N1CCN(CC2CCCO2)CC1. The van der Waals surface area contributed by atoms with Crippen molar-refractivity contribution in [3.8, 4) is 16.9 Å². The number of para-hydroxylation sites is 1. The van der Waals surface area contributed by atoms with Gasteiger partial charge in [-0.3, -0.25) is 9.69 Å². The molecule has 0 aliphatic carbocycles. The maximum absolute atomic E-state index is 12.9. The Morgan fingerprint density at radius 2 is 1.73 bits per heavy atom. The van der Waals surface area contributed by atoms with Crippen LogP contribution in [0.2, 0.25) is 0 Å². The molecule has 2 aliphatic rings. The molecule has 0 spiro atoms. The predicted octanol–water partition coefficient (Wildman–Crippen LogP) is 3.88. The highest BCUT2D eigenvalue weighted by Gasteiger charge is 2.24. The van der Waals surface area contributed by atoms with Crippen LogP contribution in [-0.2, 0) is 9.53 Å². The summed E-state index contributed by atoms with van der Waals surface area (Å²) in [5.74, 6) is 0.0539. The first-order valence-corrected chi connectivity index (χ1v) is 11.8. The van der Waals surface area contributed by atoms with Gasteiger partial charge >= 0.3 is 0 Å². The monoisotopic (exact) mass is 442 g/mol. The van der Waals surface area contributed by atoms with Gasteiger partial charge in [0, 0.05) is 62.7 Å². The summed E-state index contributed by atoms with van der Waals surface area (Å²) in [5.41, 5.74) is 3.81. The molecule has 2 aromatic carbocycles. The van der Waals surface area contributed by atoms with Crippen LogP contribution >= 0.6 is 0 Å². The number of hydrogen-bond donors (Lipinski definition) is 0. The van der Waals surface area contributed by atoms with Crippen molar-refractivity contribution in [3.05, 3.63) is 78.5 Å². The molecule has 1 unspecified atom stereocenters. The van der Waals surface area contributed by atoms with Crippen molar-refractivity contribution in [1.82, 2.24) is 19.6 Å². The summed E-state index contributed by atoms with van der Waals surface area (Å²) in [6.45, 7) is 5.19. The van der Waals surface area contributed by atoms with E-state index in [1.54, 1.807) is 6.08 Å². The fourth-order valence-electron chi connectivity index (χ4n) is 4.54. The van der Waals surface area contributed by atoms with Crippen molar-refractivity contribution in [2.75, 3.05) is 39.3 Å². The van der Waals surface area contributed by atoms with Crippen molar-refractivity contribution in [2.45, 2.75) is 18.9 Å². The van der Waals surface area contributed by atoms with Gasteiger partial charge in [-0.2, -0.15) is 5.10 Å². The summed E-state index contributed by atoms with van der Waals surface area (Å²) < 4.78 is 7.63. The molecule has 1 aromatic heterocycles. The molecule has 3 aromatic rings. The third kappa shape index (κ3) is 5.24. The van der Waals surface area contributed by atoms with Gasteiger partial charge in [-0.25, -0.2) is 4.68 Å². The Hall–Kier alpha value is -3.22. The molecule has 2 fully saturated rings. The maximum atomic E-state index is 12.9. The zero-order chi connectivity index (χ0) is 22.5. The molecule has 1 atom stereocenters. The van der Waals surface area contributed by atoms with Crippen molar-refractivity contribution in [1.29, 1.82) is 0 Å². The van der Waals surface area contributed by atoms with Crippen molar-refractivity contribution in [3.63, 3.8) is 0 Å². The molecule has 2 aliphatic heterocycles. The third-order valence-corrected chi connectivity index (χ3v) is 6.39. The Morgan fingerprint density at radius 3 is 2.42 bits per heavy atom. The Bertz CT molecular complexity index is 1080. The summed E-state index contributed by atoms with van der Waals surface area (Å²) in [6, 6.07) is 20.1. The first-order chi connectivity index (χ1) is 16.3. The quantitative estimate of drug-likeness (QED) is 0.544. The highest BCUT2D eigenvalue weighted by Crippen LogP contribution is 2.25. The van der Waals surface area contributed by atoms with Crippen molar-refractivity contribution in [2.24, 2.45) is 0 Å². The highest BCUT2D eigenvalue weighted by molar-refractivity contribution is 5.93. The van der Waals surface area contributed by atoms with E-state index < -0.39 is 0 Å². The Morgan fingerprint density at radius 1 is 1.00 bits per heavy atom. The summed E-state index contributed by atoms with van der Waals surface area (Å²) in [7, 11) is 0. The van der Waals surface area contributed by atoms with Crippen LogP contribution in [0.15, 0.2) is 72.9 Å². The van der Waals surface area contributed by atoms with Gasteiger partial charge in [-0.1, -0.05) is 48.5 Å². The standard InChI is InChI=1S/C27H30N4O2/c32-26(30-17-15-29(16-18-30)21-25-12-7-19-33-25)14-13-23-20-31(24-10-5-2-6-11-24)28-27(23)22-8-3-1-4-9-22/h1-6,8-11,13-14,20,25H,7,12,15-19,21H2/b14-13+. The average molecular weight is 443 g/mol. The summed E-state index contributed by atoms with van der Waals surface area (Å²) in [6.07, 6.45) is 8.26. The van der Waals surface area contributed by atoms with Crippen LogP contribution in [0.4, 0.5) is 0 Å². The maximum Gasteiger partial charge on any atom is 0.246 e. The molecule has 5 rings (SSSR count). The topological polar surface area (TPSA) is 50.6 Å². The molecule has 0 N–H and O–H groups in total. The summed E-state index contributed by atoms with van der Waals surface area (Å²) in [5, 5.41) is 4.82. The number of benzene rings is 2. The van der Waals surface area contributed by atoms with Crippen LogP contribution in [0, 0.1) is 0 Å². The van der Waals surface area contributed by atoms with Gasteiger partial charge < -0.3 is 9.64 Å². The number of hydrogen-bond acceptors (Lipinski definition) is 4. The Labute approximate surface area is 195 Å². The van der Waals surface area contributed by atoms with Gasteiger partial charge in [0.25, 0.3) is 0 Å². The fourth-order valence-corrected chi connectivity index (χ4v) is 4.54. The third-order valence-electron chi connectivity index (χ3n) is 6.39. The van der Waals surface area contributed by atoms with Gasteiger partial charge in [0.05, 0.1) is 17.5 Å². The van der Waals surface area contributed by atoms with E-state index in [9.17, 15) is 4.79 Å². The molecule has 0 radical (unpaired) electrons. The Kier molecular flexibility index (Phi) is 6.65. The van der Waals surface area contributed by atoms with Crippen LogP contribution in [0.1, 0.15) is 18.4 Å². The Balaban J connectivity index is 1.28. The molecule has 6 nitrogen and oxygen atoms in total. The number of piperazine rings is 1. The lowest BCUT2D eigenvalue weighted by atomic mass is 10.1. The molecule has 6 heteroatoms. The second-order valence-corrected chi connectivity index (χ2v) is 8.67. The molecular formula is C27H30N4O2. The number of ether oxygens (including phenoxy) is 1. The molecule has 0 bridgehead atoms. The molecule has 3 heterocycles. The summed E-state index contributed by atoms with van der Waals surface area (Å²) >= 11 is 0. The fraction of sp³-hybridized carbons (Fsp3) is 0.333.